The lowest BCUT2D eigenvalue weighted by molar-refractivity contribution is 0.695. The molecule has 0 radical (unpaired) electrons. The molecule has 0 spiro atoms. The number of rotatable bonds is 4. The maximum Gasteiger partial charge on any atom is 0.377 e. The smallest absolute Gasteiger partial charge is 0.200 e. The number of benzene rings is 1. The third-order valence-electron chi connectivity index (χ3n) is 2.78. The van der Waals surface area contributed by atoms with Crippen LogP contribution < -0.4 is 0 Å². The van der Waals surface area contributed by atoms with Gasteiger partial charge in [-0.3, -0.25) is 0 Å². The third-order valence-corrected chi connectivity index (χ3v) is 6.88. The first kappa shape index (κ1) is 15.8. The first-order chi connectivity index (χ1) is 8.47. The first-order valence-electron chi connectivity index (χ1n) is 6.74. The Balaban J connectivity index is 2.73. The summed E-state index contributed by atoms with van der Waals surface area (Å²) in [5.41, 5.74) is 1.14. The predicted octanol–water partition coefficient (Wildman–Crippen LogP) is 5.15. The highest BCUT2D eigenvalue weighted by atomic mass is 79.9. The Bertz CT molecular complexity index is 399. The van der Waals surface area contributed by atoms with E-state index in [4.69, 9.17) is 0 Å². The normalized spacial score (nSPS) is 10.4. The maximum atomic E-state index is 3.59. The van der Waals surface area contributed by atoms with E-state index < -0.39 is 14.1 Å². The molecule has 0 N–H and O–H groups in total. The molecule has 1 aromatic carbocycles. The second kappa shape index (κ2) is 8.06. The molecule has 0 aliphatic carbocycles. The van der Waals surface area contributed by atoms with Gasteiger partial charge in [-0.2, -0.15) is 4.78 Å². The van der Waals surface area contributed by atoms with E-state index in [2.05, 4.69) is 78.6 Å². The highest BCUT2D eigenvalue weighted by molar-refractivity contribution is 9.10. The zero-order valence-corrected chi connectivity index (χ0v) is 14.6. The summed E-state index contributed by atoms with van der Waals surface area (Å²) in [7, 11) is 0. The molecule has 0 aromatic heterocycles. The van der Waals surface area contributed by atoms with Gasteiger partial charge in [0.05, 0.1) is 0 Å². The standard InChI is InChI=1S/C8H4Br.2C4H9.Al/c1-2-7-3-5-8(9)6-4-7;2*1-4(2)3;/h3-6H;2*4H,1H2,2-3H3;. The van der Waals surface area contributed by atoms with Crippen molar-refractivity contribution in [2.24, 2.45) is 11.8 Å². The molecule has 0 nitrogen and oxygen atoms in total. The molecular weight excluding hydrogens is 299 g/mol. The highest BCUT2D eigenvalue weighted by Crippen LogP contribution is 2.14. The van der Waals surface area contributed by atoms with Crippen LogP contribution in [0.2, 0.25) is 10.6 Å². The molecule has 2 heteroatoms. The van der Waals surface area contributed by atoms with Crippen molar-refractivity contribution in [1.82, 2.24) is 0 Å². The lowest BCUT2D eigenvalue weighted by Crippen LogP contribution is -2.15. The molecule has 18 heavy (non-hydrogen) atoms. The fourth-order valence-corrected chi connectivity index (χ4v) is 5.41. The molecule has 0 amide bonds. The van der Waals surface area contributed by atoms with Gasteiger partial charge < -0.3 is 0 Å². The Kier molecular flexibility index (Phi) is 7.10. The van der Waals surface area contributed by atoms with Gasteiger partial charge in [-0.25, -0.2) is 0 Å². The molecule has 0 unspecified atom stereocenters. The van der Waals surface area contributed by atoms with Gasteiger partial charge >= 0.3 is 14.1 Å². The van der Waals surface area contributed by atoms with Crippen LogP contribution in [0.3, 0.4) is 0 Å². The van der Waals surface area contributed by atoms with Crippen molar-refractivity contribution in [3.63, 3.8) is 0 Å². The molecule has 1 aromatic rings. The predicted molar refractivity (Wildman–Crippen MR) is 86.1 cm³/mol. The zero-order valence-electron chi connectivity index (χ0n) is 11.8. The lowest BCUT2D eigenvalue weighted by Gasteiger charge is -2.10. The van der Waals surface area contributed by atoms with Gasteiger partial charge in [0, 0.05) is 10.0 Å². The maximum absolute atomic E-state index is 3.59. The van der Waals surface area contributed by atoms with Gasteiger partial charge in [0.1, 0.15) is 0 Å². The van der Waals surface area contributed by atoms with Crippen molar-refractivity contribution in [3.05, 3.63) is 34.3 Å². The fourth-order valence-electron chi connectivity index (χ4n) is 2.07. The molecule has 0 bridgehead atoms. The summed E-state index contributed by atoms with van der Waals surface area (Å²) in [5, 5.41) is 2.67. The minimum absolute atomic E-state index is 0.777. The van der Waals surface area contributed by atoms with E-state index in [-0.39, 0.29) is 0 Å². The molecule has 0 aliphatic rings. The van der Waals surface area contributed by atoms with Gasteiger partial charge in [-0.1, -0.05) is 71.9 Å². The van der Waals surface area contributed by atoms with Crippen molar-refractivity contribution in [1.29, 1.82) is 0 Å². The second-order valence-corrected chi connectivity index (χ2v) is 9.27. The molecule has 0 heterocycles. The molecule has 0 saturated carbocycles. The molecule has 0 aliphatic heterocycles. The van der Waals surface area contributed by atoms with Crippen LogP contribution >= 0.6 is 15.9 Å². The quantitative estimate of drug-likeness (QED) is 0.532. The van der Waals surface area contributed by atoms with Crippen molar-refractivity contribution in [2.45, 2.75) is 38.3 Å². The first-order valence-corrected chi connectivity index (χ1v) is 9.74. The molecule has 1 rings (SSSR count). The SMILES string of the molecule is CC(C)[CH2][Al]([C]#Cc1ccc(Br)cc1)[CH2]C(C)C. The van der Waals surface area contributed by atoms with Crippen molar-refractivity contribution >= 4 is 30.1 Å². The summed E-state index contributed by atoms with van der Waals surface area (Å²) in [6.45, 7) is 9.23. The molecule has 0 fully saturated rings. The van der Waals surface area contributed by atoms with Gasteiger partial charge in [0.25, 0.3) is 0 Å². The summed E-state index contributed by atoms with van der Waals surface area (Å²) in [4.78, 5) is 3.59. The van der Waals surface area contributed by atoms with Crippen molar-refractivity contribution in [2.75, 3.05) is 0 Å². The summed E-state index contributed by atoms with van der Waals surface area (Å²) in [5.74, 6) is 4.93. The Morgan fingerprint density at radius 3 is 1.94 bits per heavy atom. The van der Waals surface area contributed by atoms with Crippen LogP contribution in [-0.2, 0) is 0 Å². The summed E-state index contributed by atoms with van der Waals surface area (Å²) < 4.78 is 1.12. The third kappa shape index (κ3) is 6.65. The Hall–Kier alpha value is -0.208. The average Bonchev–Trinajstić information content (AvgIpc) is 2.26. The van der Waals surface area contributed by atoms with E-state index in [1.165, 1.54) is 10.6 Å². The van der Waals surface area contributed by atoms with Gasteiger partial charge in [-0.15, -0.1) is 0 Å². The Morgan fingerprint density at radius 2 is 1.50 bits per heavy atom. The summed E-state index contributed by atoms with van der Waals surface area (Å²) in [6.07, 6.45) is 0. The number of hydrogen-bond donors (Lipinski definition) is 0. The van der Waals surface area contributed by atoms with Gasteiger partial charge in [0.2, 0.25) is 0 Å². The van der Waals surface area contributed by atoms with Crippen LogP contribution in [0.25, 0.3) is 0 Å². The van der Waals surface area contributed by atoms with Crippen LogP contribution in [0.1, 0.15) is 33.3 Å². The molecule has 0 saturated heterocycles. The molecular formula is C16H22AlBr. The monoisotopic (exact) mass is 320 g/mol. The minimum Gasteiger partial charge on any atom is -0.200 e. The zero-order chi connectivity index (χ0) is 13.5. The Labute approximate surface area is 125 Å². The van der Waals surface area contributed by atoms with E-state index in [1.807, 2.05) is 0 Å². The fraction of sp³-hybridized carbons (Fsp3) is 0.500. The van der Waals surface area contributed by atoms with E-state index >= 15 is 0 Å². The van der Waals surface area contributed by atoms with Crippen LogP contribution in [0.15, 0.2) is 28.7 Å². The van der Waals surface area contributed by atoms with E-state index in [9.17, 15) is 0 Å². The minimum atomic E-state index is -0.904. The average molecular weight is 321 g/mol. The van der Waals surface area contributed by atoms with Crippen molar-refractivity contribution in [3.8, 4) is 10.7 Å². The summed E-state index contributed by atoms with van der Waals surface area (Å²) >= 11 is 2.55. The number of hydrogen-bond acceptors (Lipinski definition) is 0. The topological polar surface area (TPSA) is 0 Å². The molecule has 96 valence electrons. The Morgan fingerprint density at radius 1 is 1.00 bits per heavy atom. The number of halogens is 1. The van der Waals surface area contributed by atoms with Crippen LogP contribution in [0, 0.1) is 22.5 Å². The largest absolute Gasteiger partial charge is 0.377 e. The van der Waals surface area contributed by atoms with E-state index in [0.717, 1.165) is 21.9 Å². The second-order valence-electron chi connectivity index (χ2n) is 5.73. The van der Waals surface area contributed by atoms with Crippen molar-refractivity contribution < 1.29 is 0 Å². The van der Waals surface area contributed by atoms with E-state index in [1.54, 1.807) is 0 Å². The molecule has 0 atom stereocenters. The van der Waals surface area contributed by atoms with Gasteiger partial charge in [0.15, 0.2) is 0 Å². The lowest BCUT2D eigenvalue weighted by atomic mass is 10.2. The summed E-state index contributed by atoms with van der Waals surface area (Å²) in [6, 6.07) is 8.30. The van der Waals surface area contributed by atoms with Crippen LogP contribution in [-0.4, -0.2) is 14.1 Å². The van der Waals surface area contributed by atoms with E-state index in [0.29, 0.717) is 0 Å². The van der Waals surface area contributed by atoms with Crippen LogP contribution in [0.5, 0.6) is 0 Å². The highest BCUT2D eigenvalue weighted by Gasteiger charge is 2.18. The van der Waals surface area contributed by atoms with Crippen LogP contribution in [0.4, 0.5) is 0 Å². The van der Waals surface area contributed by atoms with Gasteiger partial charge in [-0.05, 0) is 24.3 Å².